The quantitative estimate of drug-likeness (QED) is 0.929. The lowest BCUT2D eigenvalue weighted by Crippen LogP contribution is -2.00. The normalized spacial score (nSPS) is 10.8. The lowest BCUT2D eigenvalue weighted by molar-refractivity contribution is 0.688. The van der Waals surface area contributed by atoms with E-state index in [-0.39, 0.29) is 0 Å². The van der Waals surface area contributed by atoms with Gasteiger partial charge in [0, 0.05) is 25.4 Å². The first-order valence-electron chi connectivity index (χ1n) is 5.14. The zero-order valence-electron chi connectivity index (χ0n) is 9.64. The first-order chi connectivity index (χ1) is 8.13. The number of rotatable bonds is 3. The molecule has 2 aromatic heterocycles. The van der Waals surface area contributed by atoms with Crippen molar-refractivity contribution in [3.05, 3.63) is 34.6 Å². The van der Waals surface area contributed by atoms with Gasteiger partial charge in [-0.05, 0) is 30.8 Å². The van der Waals surface area contributed by atoms with Gasteiger partial charge in [0.05, 0.1) is 10.7 Å². The minimum Gasteiger partial charge on any atom is -0.326 e. The minimum absolute atomic E-state index is 0.465. The average Bonchev–Trinajstić information content (AvgIpc) is 2.56. The Hall–Kier alpha value is -1.04. The molecule has 0 radical (unpaired) electrons. The molecule has 0 aliphatic rings. The predicted molar refractivity (Wildman–Crippen MR) is 69.2 cm³/mol. The smallest absolute Gasteiger partial charge is 0.121 e. The Balaban J connectivity index is 2.40. The highest BCUT2D eigenvalue weighted by Crippen LogP contribution is 2.33. The molecule has 0 bridgehead atoms. The van der Waals surface area contributed by atoms with Crippen molar-refractivity contribution in [2.24, 2.45) is 12.8 Å². The van der Waals surface area contributed by atoms with Crippen LogP contribution in [0.4, 0.5) is 0 Å². The van der Waals surface area contributed by atoms with Crippen molar-refractivity contribution < 1.29 is 0 Å². The molecule has 17 heavy (non-hydrogen) atoms. The van der Waals surface area contributed by atoms with Crippen LogP contribution >= 0.6 is 23.4 Å². The molecule has 0 amide bonds. The van der Waals surface area contributed by atoms with Crippen LogP contribution in [0.15, 0.2) is 28.4 Å². The Labute approximate surface area is 109 Å². The molecule has 6 heteroatoms. The highest BCUT2D eigenvalue weighted by Gasteiger charge is 2.14. The van der Waals surface area contributed by atoms with E-state index in [2.05, 4.69) is 10.1 Å². The second-order valence-corrected chi connectivity index (χ2v) is 4.97. The van der Waals surface area contributed by atoms with Crippen LogP contribution in [0.25, 0.3) is 0 Å². The van der Waals surface area contributed by atoms with E-state index in [9.17, 15) is 0 Å². The van der Waals surface area contributed by atoms with Crippen molar-refractivity contribution in [3.63, 3.8) is 0 Å². The van der Waals surface area contributed by atoms with Crippen molar-refractivity contribution in [2.45, 2.75) is 23.5 Å². The van der Waals surface area contributed by atoms with E-state index >= 15 is 0 Å². The highest BCUT2D eigenvalue weighted by atomic mass is 35.5. The van der Waals surface area contributed by atoms with Crippen LogP contribution in [-0.2, 0) is 13.6 Å². The average molecular weight is 269 g/mol. The van der Waals surface area contributed by atoms with Gasteiger partial charge in [-0.1, -0.05) is 11.6 Å². The monoisotopic (exact) mass is 268 g/mol. The molecule has 2 N–H and O–H groups in total. The summed E-state index contributed by atoms with van der Waals surface area (Å²) in [5.74, 6) is 0. The van der Waals surface area contributed by atoms with E-state index in [1.54, 1.807) is 6.20 Å². The molecular weight excluding hydrogens is 256 g/mol. The lowest BCUT2D eigenvalue weighted by atomic mass is 10.3. The van der Waals surface area contributed by atoms with Crippen molar-refractivity contribution in [1.29, 1.82) is 0 Å². The van der Waals surface area contributed by atoms with Gasteiger partial charge < -0.3 is 5.73 Å². The van der Waals surface area contributed by atoms with Gasteiger partial charge in [-0.15, -0.1) is 0 Å². The van der Waals surface area contributed by atoms with E-state index < -0.39 is 0 Å². The van der Waals surface area contributed by atoms with Gasteiger partial charge >= 0.3 is 0 Å². The van der Waals surface area contributed by atoms with Crippen molar-refractivity contribution in [3.8, 4) is 0 Å². The van der Waals surface area contributed by atoms with Gasteiger partial charge in [0.1, 0.15) is 10.1 Å². The van der Waals surface area contributed by atoms with Gasteiger partial charge in [-0.3, -0.25) is 4.68 Å². The zero-order chi connectivity index (χ0) is 12.4. The van der Waals surface area contributed by atoms with Crippen LogP contribution in [0.3, 0.4) is 0 Å². The number of pyridine rings is 1. The van der Waals surface area contributed by atoms with Gasteiger partial charge in [0.2, 0.25) is 0 Å². The fourth-order valence-corrected chi connectivity index (χ4v) is 2.81. The number of nitrogens with two attached hydrogens (primary N) is 1. The molecule has 2 heterocycles. The third-order valence-electron chi connectivity index (χ3n) is 2.41. The molecule has 0 spiro atoms. The fourth-order valence-electron chi connectivity index (χ4n) is 1.58. The van der Waals surface area contributed by atoms with Gasteiger partial charge in [0.25, 0.3) is 0 Å². The van der Waals surface area contributed by atoms with Crippen LogP contribution in [-0.4, -0.2) is 14.8 Å². The molecular formula is C11H13ClN4S. The van der Waals surface area contributed by atoms with Crippen LogP contribution in [0.1, 0.15) is 11.3 Å². The van der Waals surface area contributed by atoms with E-state index in [4.69, 9.17) is 17.3 Å². The Morgan fingerprint density at radius 1 is 1.53 bits per heavy atom. The number of aryl methyl sites for hydroxylation is 2. The third kappa shape index (κ3) is 2.46. The second-order valence-electron chi connectivity index (χ2n) is 3.59. The summed E-state index contributed by atoms with van der Waals surface area (Å²) in [7, 11) is 1.89. The fraction of sp³-hybridized carbons (Fsp3) is 0.273. The zero-order valence-corrected chi connectivity index (χ0v) is 11.2. The molecule has 0 aliphatic heterocycles. The summed E-state index contributed by atoms with van der Waals surface area (Å²) in [5.41, 5.74) is 7.73. The third-order valence-corrected chi connectivity index (χ3v) is 4.05. The van der Waals surface area contributed by atoms with Crippen LogP contribution < -0.4 is 5.73 Å². The van der Waals surface area contributed by atoms with E-state index in [1.807, 2.05) is 30.8 Å². The van der Waals surface area contributed by atoms with Crippen molar-refractivity contribution in [1.82, 2.24) is 14.8 Å². The Bertz CT molecular complexity index is 538. The molecule has 0 saturated carbocycles. The Morgan fingerprint density at radius 3 is 2.94 bits per heavy atom. The van der Waals surface area contributed by atoms with Gasteiger partial charge in [-0.2, -0.15) is 5.10 Å². The number of nitrogens with zero attached hydrogens (tertiary/aromatic N) is 3. The number of halogens is 1. The molecule has 0 saturated heterocycles. The van der Waals surface area contributed by atoms with Crippen LogP contribution in [0.2, 0.25) is 5.02 Å². The summed E-state index contributed by atoms with van der Waals surface area (Å²) in [6.07, 6.45) is 1.72. The summed E-state index contributed by atoms with van der Waals surface area (Å²) in [6.45, 7) is 2.42. The van der Waals surface area contributed by atoms with E-state index in [0.717, 1.165) is 21.3 Å². The molecule has 0 unspecified atom stereocenters. The SMILES string of the molecule is Cc1nn(C)c(Sc2ncccc2Cl)c1CN. The standard InChI is InChI=1S/C11H13ClN4S/c1-7-8(6-13)11(16(2)15-7)17-10-9(12)4-3-5-14-10/h3-5H,6,13H2,1-2H3. The topological polar surface area (TPSA) is 56.7 Å². The number of hydrogen-bond donors (Lipinski definition) is 1. The summed E-state index contributed by atoms with van der Waals surface area (Å²) in [6, 6.07) is 3.63. The number of aromatic nitrogens is 3. The minimum atomic E-state index is 0.465. The van der Waals surface area contributed by atoms with E-state index in [1.165, 1.54) is 11.8 Å². The summed E-state index contributed by atoms with van der Waals surface area (Å²) in [5, 5.41) is 6.75. The maximum absolute atomic E-state index is 6.08. The second kappa shape index (κ2) is 5.08. The molecule has 90 valence electrons. The molecule has 2 aromatic rings. The molecule has 0 aromatic carbocycles. The largest absolute Gasteiger partial charge is 0.326 e. The molecule has 2 rings (SSSR count). The van der Waals surface area contributed by atoms with Crippen molar-refractivity contribution >= 4 is 23.4 Å². The summed E-state index contributed by atoms with van der Waals surface area (Å²) in [4.78, 5) is 4.25. The predicted octanol–water partition coefficient (Wildman–Crippen LogP) is 2.39. The van der Waals surface area contributed by atoms with E-state index in [0.29, 0.717) is 11.6 Å². The molecule has 0 fully saturated rings. The Kier molecular flexibility index (Phi) is 3.71. The van der Waals surface area contributed by atoms with Gasteiger partial charge in [-0.25, -0.2) is 4.98 Å². The van der Waals surface area contributed by atoms with Crippen molar-refractivity contribution in [2.75, 3.05) is 0 Å². The number of hydrogen-bond acceptors (Lipinski definition) is 4. The molecule has 0 aliphatic carbocycles. The maximum Gasteiger partial charge on any atom is 0.121 e. The summed E-state index contributed by atoms with van der Waals surface area (Å²) < 4.78 is 1.81. The van der Waals surface area contributed by atoms with Crippen LogP contribution in [0, 0.1) is 6.92 Å². The lowest BCUT2D eigenvalue weighted by Gasteiger charge is -2.05. The van der Waals surface area contributed by atoms with Gasteiger partial charge in [0.15, 0.2) is 0 Å². The summed E-state index contributed by atoms with van der Waals surface area (Å²) >= 11 is 7.57. The highest BCUT2D eigenvalue weighted by molar-refractivity contribution is 7.99. The molecule has 0 atom stereocenters. The molecule has 4 nitrogen and oxygen atoms in total. The maximum atomic E-state index is 6.08. The first kappa shape index (κ1) is 12.4. The Morgan fingerprint density at radius 2 is 2.29 bits per heavy atom. The van der Waals surface area contributed by atoms with Crippen LogP contribution in [0.5, 0.6) is 0 Å². The first-order valence-corrected chi connectivity index (χ1v) is 6.34.